The molecule has 0 aliphatic carbocycles. The number of hydrogen-bond donors (Lipinski definition) is 2. The number of rotatable bonds is 13. The summed E-state index contributed by atoms with van der Waals surface area (Å²) >= 11 is 17.1. The molecule has 15 nitrogen and oxygen atoms in total. The number of nitrogens with zero attached hydrogens (tertiary/aromatic N) is 5. The molecule has 0 unspecified atom stereocenters. The maximum absolute atomic E-state index is 12.9. The van der Waals surface area contributed by atoms with Crippen molar-refractivity contribution < 1.29 is 94.6 Å². The van der Waals surface area contributed by atoms with Gasteiger partial charge < -0.3 is 24.6 Å². The summed E-state index contributed by atoms with van der Waals surface area (Å²) in [5, 5.41) is 19.1. The van der Waals surface area contributed by atoms with E-state index >= 15 is 0 Å². The van der Waals surface area contributed by atoms with E-state index in [1.165, 1.54) is 35.9 Å². The number of hydrogen-bond acceptors (Lipinski definition) is 12. The maximum atomic E-state index is 12.9. The standard InChI is InChI=1S/C33H36BrCl2N7O8S2.2Na/c1-6-42(13-8-14-52(46,47)48)22-11-12-26(27(18-22)37-19(2)44)39-40-31-28(34)30(33(3,4)5)41-43(31)29-24(35)16-21(17-25(29)36)38-32(45)20-9-7-10-23(15-20)53(49,50)51;;/h7,9-12,15-18H,6,8,13-14H2,1-5H3,(H,37,44)(H,38,45)(H,46,47,48)(H,49,50,51);;/q;2*+1/p-2. The molecule has 55 heavy (non-hydrogen) atoms. The van der Waals surface area contributed by atoms with Crippen LogP contribution in [-0.4, -0.2) is 66.4 Å². The normalized spacial score (nSPS) is 11.8. The molecule has 0 aliphatic heterocycles. The first-order valence-corrected chi connectivity index (χ1v) is 20.3. The number of nitrogens with one attached hydrogen (secondary N) is 2. The number of halogens is 3. The average molecular weight is 918 g/mol. The number of aromatic nitrogens is 2. The minimum Gasteiger partial charge on any atom is -0.748 e. The van der Waals surface area contributed by atoms with Crippen molar-refractivity contribution in [3.05, 3.63) is 80.4 Å². The molecule has 2 amide bonds. The largest absolute Gasteiger partial charge is 1.00 e. The quantitative estimate of drug-likeness (QED) is 0.112. The Morgan fingerprint density at radius 2 is 1.60 bits per heavy atom. The molecule has 2 N–H and O–H groups in total. The van der Waals surface area contributed by atoms with Crippen LogP contribution in [-0.2, 0) is 30.4 Å². The molecule has 0 aliphatic rings. The van der Waals surface area contributed by atoms with Crippen LogP contribution in [0, 0.1) is 0 Å². The summed E-state index contributed by atoms with van der Waals surface area (Å²) in [4.78, 5) is 26.4. The van der Waals surface area contributed by atoms with E-state index in [-0.39, 0.29) is 116 Å². The van der Waals surface area contributed by atoms with Crippen molar-refractivity contribution in [2.24, 2.45) is 10.2 Å². The molecular weight excluding hydrogens is 883 g/mol. The molecule has 0 spiro atoms. The van der Waals surface area contributed by atoms with E-state index < -0.39 is 42.2 Å². The Balaban J connectivity index is 0.00000523. The van der Waals surface area contributed by atoms with Gasteiger partial charge in [0.2, 0.25) is 5.91 Å². The Bertz CT molecular complexity index is 2300. The van der Waals surface area contributed by atoms with E-state index in [1.54, 1.807) is 18.2 Å². The fraction of sp³-hybridized carbons (Fsp3) is 0.303. The van der Waals surface area contributed by atoms with Gasteiger partial charge in [-0.1, -0.05) is 50.0 Å². The fourth-order valence-corrected chi connectivity index (χ4v) is 7.62. The minimum absolute atomic E-state index is 0. The predicted octanol–water partition coefficient (Wildman–Crippen LogP) is 1.54. The Kier molecular flexibility index (Phi) is 18.1. The number of carbonyl (C=O) groups excluding carboxylic acids is 2. The molecular formula is C33H34BrCl2N7Na2O8S2. The number of benzene rings is 3. The van der Waals surface area contributed by atoms with E-state index in [2.05, 4.69) is 36.8 Å². The van der Waals surface area contributed by atoms with E-state index in [0.29, 0.717) is 28.1 Å². The van der Waals surface area contributed by atoms with Gasteiger partial charge in [-0.15, -0.1) is 10.2 Å². The molecule has 0 radical (unpaired) electrons. The van der Waals surface area contributed by atoms with E-state index in [1.807, 2.05) is 32.6 Å². The number of amides is 2. The maximum Gasteiger partial charge on any atom is 1.00 e. The zero-order valence-corrected chi connectivity index (χ0v) is 39.7. The van der Waals surface area contributed by atoms with Crippen molar-refractivity contribution in [3.63, 3.8) is 0 Å². The van der Waals surface area contributed by atoms with Gasteiger partial charge >= 0.3 is 59.1 Å². The van der Waals surface area contributed by atoms with Gasteiger partial charge in [-0.05, 0) is 77.8 Å². The monoisotopic (exact) mass is 915 g/mol. The van der Waals surface area contributed by atoms with Gasteiger partial charge in [0.1, 0.15) is 21.5 Å². The van der Waals surface area contributed by atoms with Gasteiger partial charge in [0.15, 0.2) is 5.82 Å². The van der Waals surface area contributed by atoms with Crippen LogP contribution >= 0.6 is 39.1 Å². The summed E-state index contributed by atoms with van der Waals surface area (Å²) in [5.74, 6) is -1.43. The van der Waals surface area contributed by atoms with Crippen LogP contribution in [0.2, 0.25) is 10.0 Å². The molecule has 4 aromatic rings. The van der Waals surface area contributed by atoms with E-state index in [9.17, 15) is 35.5 Å². The second kappa shape index (κ2) is 20.2. The van der Waals surface area contributed by atoms with Crippen molar-refractivity contribution in [3.8, 4) is 5.69 Å². The zero-order chi connectivity index (χ0) is 39.5. The second-order valence-corrected chi connectivity index (χ2v) is 17.2. The average Bonchev–Trinajstić information content (AvgIpc) is 3.36. The molecule has 0 bridgehead atoms. The van der Waals surface area contributed by atoms with Crippen molar-refractivity contribution in [1.29, 1.82) is 0 Å². The number of anilines is 3. The van der Waals surface area contributed by atoms with Crippen LogP contribution in [0.1, 0.15) is 57.1 Å². The third-order valence-corrected chi connectivity index (χ3v) is 10.4. The zero-order valence-electron chi connectivity index (χ0n) is 31.0. The molecule has 0 saturated heterocycles. The van der Waals surface area contributed by atoms with Crippen LogP contribution in [0.15, 0.2) is 74.2 Å². The summed E-state index contributed by atoms with van der Waals surface area (Å²) in [5.41, 5.74) is 1.54. The molecule has 0 fully saturated rings. The summed E-state index contributed by atoms with van der Waals surface area (Å²) in [6.07, 6.45) is 0.117. The van der Waals surface area contributed by atoms with Gasteiger partial charge in [-0.2, -0.15) is 5.10 Å². The third-order valence-electron chi connectivity index (χ3n) is 7.50. The third kappa shape index (κ3) is 13.3. The smallest absolute Gasteiger partial charge is 0.748 e. The molecule has 284 valence electrons. The van der Waals surface area contributed by atoms with Gasteiger partial charge in [0.25, 0.3) is 5.91 Å². The van der Waals surface area contributed by atoms with Crippen LogP contribution in [0.4, 0.5) is 28.6 Å². The van der Waals surface area contributed by atoms with Gasteiger partial charge in [-0.3, -0.25) is 9.59 Å². The van der Waals surface area contributed by atoms with Crippen molar-refractivity contribution >= 4 is 99.7 Å². The number of azo groups is 1. The van der Waals surface area contributed by atoms with Crippen LogP contribution < -0.4 is 74.6 Å². The number of carbonyl (C=O) groups is 2. The van der Waals surface area contributed by atoms with E-state index in [4.69, 9.17) is 28.3 Å². The topological polar surface area (TPSA) is 218 Å². The SMILES string of the molecule is CCN(CCCS(=O)(=O)[O-])c1ccc(N=Nc2c(Br)c(C(C)(C)C)nn2-c2c(Cl)cc(NC(=O)c3cccc(S(=O)(=O)[O-])c3)cc2Cl)c(NC(C)=O)c1.[Na+].[Na+]. The molecule has 0 atom stereocenters. The molecule has 3 aromatic carbocycles. The molecule has 22 heteroatoms. The molecule has 0 saturated carbocycles. The molecule has 1 heterocycles. The van der Waals surface area contributed by atoms with Crippen LogP contribution in [0.3, 0.4) is 0 Å². The van der Waals surface area contributed by atoms with Gasteiger partial charge in [-0.25, -0.2) is 21.5 Å². The Labute approximate surface area is 382 Å². The minimum atomic E-state index is -4.79. The molecule has 1 aromatic heterocycles. The van der Waals surface area contributed by atoms with Gasteiger partial charge in [0.05, 0.1) is 40.9 Å². The first-order valence-electron chi connectivity index (χ1n) is 15.8. The summed E-state index contributed by atoms with van der Waals surface area (Å²) < 4.78 is 69.5. The second-order valence-electron chi connectivity index (χ2n) is 12.7. The Morgan fingerprint density at radius 3 is 2.15 bits per heavy atom. The molecule has 4 rings (SSSR count). The fourth-order valence-electron chi connectivity index (χ4n) is 5.05. The van der Waals surface area contributed by atoms with E-state index in [0.717, 1.165) is 12.1 Å². The Hall–Kier alpha value is -1.91. The predicted molar refractivity (Wildman–Crippen MR) is 204 cm³/mol. The van der Waals surface area contributed by atoms with Crippen molar-refractivity contribution in [2.45, 2.75) is 51.3 Å². The Morgan fingerprint density at radius 1 is 0.964 bits per heavy atom. The first kappa shape index (κ1) is 49.2. The van der Waals surface area contributed by atoms with Crippen molar-refractivity contribution in [1.82, 2.24) is 9.78 Å². The summed E-state index contributed by atoms with van der Waals surface area (Å²) in [6, 6.07) is 12.5. The van der Waals surface area contributed by atoms with Crippen molar-refractivity contribution in [2.75, 3.05) is 34.4 Å². The first-order chi connectivity index (χ1) is 24.6. The van der Waals surface area contributed by atoms with Gasteiger partial charge in [0, 0.05) is 48.1 Å². The van der Waals surface area contributed by atoms with Crippen LogP contribution in [0.5, 0.6) is 0 Å². The van der Waals surface area contributed by atoms with Crippen LogP contribution in [0.25, 0.3) is 5.69 Å². The summed E-state index contributed by atoms with van der Waals surface area (Å²) in [7, 11) is -9.16. The summed E-state index contributed by atoms with van der Waals surface area (Å²) in [6.45, 7) is 9.76.